The van der Waals surface area contributed by atoms with Crippen LogP contribution in [0.3, 0.4) is 0 Å². The molecule has 10 nitrogen and oxygen atoms in total. The fraction of sp³-hybridized carbons (Fsp3) is 0.150. The van der Waals surface area contributed by atoms with Crippen molar-refractivity contribution in [3.63, 3.8) is 0 Å². The first-order valence-electron chi connectivity index (χ1n) is 9.14. The standard InChI is InChI=1S/C20H17FN6O4/c1-12-10-26(15-4-3-7-25(11-28)19(12)15)18-5-6-22-20(24-18)23-14-9-16(27(29)30)13(21)8-17(14)31-2/h3-9,11H,10H2,1-2H3,(H,22,23,24). The van der Waals surface area contributed by atoms with Crippen LogP contribution >= 0.6 is 0 Å². The molecular formula is C20H17FN6O4. The number of anilines is 3. The number of nitro groups is 1. The second-order valence-corrected chi connectivity index (χ2v) is 6.75. The van der Waals surface area contributed by atoms with E-state index < -0.39 is 16.4 Å². The van der Waals surface area contributed by atoms with Gasteiger partial charge in [-0.2, -0.15) is 9.37 Å². The molecule has 2 aliphatic rings. The number of hydrogen-bond acceptors (Lipinski definition) is 8. The Kier molecular flexibility index (Phi) is 5.07. The average molecular weight is 424 g/mol. The molecular weight excluding hydrogens is 407 g/mol. The minimum absolute atomic E-state index is 0.0693. The molecule has 3 heterocycles. The van der Waals surface area contributed by atoms with Crippen LogP contribution in [0.5, 0.6) is 5.75 Å². The van der Waals surface area contributed by atoms with Gasteiger partial charge in [-0.25, -0.2) is 4.98 Å². The van der Waals surface area contributed by atoms with E-state index >= 15 is 0 Å². The maximum Gasteiger partial charge on any atom is 0.307 e. The Labute approximate surface area is 176 Å². The number of halogens is 1. The zero-order valence-electron chi connectivity index (χ0n) is 16.6. The van der Waals surface area contributed by atoms with Gasteiger partial charge < -0.3 is 15.0 Å². The molecule has 0 fully saturated rings. The van der Waals surface area contributed by atoms with Gasteiger partial charge in [0.1, 0.15) is 11.6 Å². The normalized spacial score (nSPS) is 15.0. The molecule has 1 N–H and O–H groups in total. The maximum atomic E-state index is 13.9. The van der Waals surface area contributed by atoms with Crippen LogP contribution in [0.1, 0.15) is 6.92 Å². The molecule has 0 radical (unpaired) electrons. The Hall–Kier alpha value is -4.28. The van der Waals surface area contributed by atoms with Crippen molar-refractivity contribution in [1.29, 1.82) is 0 Å². The lowest BCUT2D eigenvalue weighted by atomic mass is 10.2. The molecule has 2 aliphatic heterocycles. The van der Waals surface area contributed by atoms with Crippen LogP contribution in [0, 0.1) is 15.9 Å². The summed E-state index contributed by atoms with van der Waals surface area (Å²) in [5.74, 6) is -0.248. The number of hydrogen-bond donors (Lipinski definition) is 1. The molecule has 2 aromatic rings. The highest BCUT2D eigenvalue weighted by Gasteiger charge is 2.31. The third kappa shape index (κ3) is 3.56. The predicted molar refractivity (Wildman–Crippen MR) is 110 cm³/mol. The van der Waals surface area contributed by atoms with E-state index in [0.717, 1.165) is 35.5 Å². The highest BCUT2D eigenvalue weighted by molar-refractivity contribution is 5.70. The first kappa shape index (κ1) is 20.0. The SMILES string of the molecule is COc1cc(F)c([N+](=O)[O-])cc1Nc1nccc(N2CC(C)=C3C2=CC=CN3C=O)n1. The summed E-state index contributed by atoms with van der Waals surface area (Å²) in [4.78, 5) is 33.7. The number of aromatic nitrogens is 2. The Balaban J connectivity index is 1.66. The molecule has 4 rings (SSSR count). The van der Waals surface area contributed by atoms with Crippen molar-refractivity contribution in [3.8, 4) is 5.75 Å². The molecule has 0 atom stereocenters. The Morgan fingerprint density at radius 2 is 2.19 bits per heavy atom. The number of amides is 1. The smallest absolute Gasteiger partial charge is 0.307 e. The summed E-state index contributed by atoms with van der Waals surface area (Å²) in [6.07, 6.45) is 7.60. The van der Waals surface area contributed by atoms with Gasteiger partial charge in [0.15, 0.2) is 0 Å². The molecule has 158 valence electrons. The van der Waals surface area contributed by atoms with Crippen molar-refractivity contribution in [2.75, 3.05) is 23.9 Å². The van der Waals surface area contributed by atoms with Gasteiger partial charge in [0.25, 0.3) is 0 Å². The molecule has 0 saturated heterocycles. The number of ether oxygens (including phenoxy) is 1. The fourth-order valence-corrected chi connectivity index (χ4v) is 3.49. The van der Waals surface area contributed by atoms with Crippen LogP contribution in [-0.2, 0) is 4.79 Å². The van der Waals surface area contributed by atoms with Crippen LogP contribution in [0.15, 0.2) is 59.7 Å². The largest absolute Gasteiger partial charge is 0.494 e. The average Bonchev–Trinajstić information content (AvgIpc) is 3.11. The molecule has 0 saturated carbocycles. The van der Waals surface area contributed by atoms with Crippen LogP contribution in [0.2, 0.25) is 0 Å². The lowest BCUT2D eigenvalue weighted by Crippen LogP contribution is -2.25. The van der Waals surface area contributed by atoms with Crippen molar-refractivity contribution < 1.29 is 18.8 Å². The van der Waals surface area contributed by atoms with Gasteiger partial charge >= 0.3 is 5.69 Å². The van der Waals surface area contributed by atoms with Crippen molar-refractivity contribution in [2.24, 2.45) is 0 Å². The topological polar surface area (TPSA) is 114 Å². The number of methoxy groups -OCH3 is 1. The molecule has 31 heavy (non-hydrogen) atoms. The molecule has 0 bridgehead atoms. The zero-order valence-corrected chi connectivity index (χ0v) is 16.6. The molecule has 0 unspecified atom stereocenters. The molecule has 0 spiro atoms. The van der Waals surface area contributed by atoms with Crippen LogP contribution in [0.25, 0.3) is 0 Å². The van der Waals surface area contributed by atoms with E-state index in [2.05, 4.69) is 15.3 Å². The minimum Gasteiger partial charge on any atom is -0.494 e. The lowest BCUT2D eigenvalue weighted by molar-refractivity contribution is -0.387. The quantitative estimate of drug-likeness (QED) is 0.427. The minimum atomic E-state index is -1.01. The van der Waals surface area contributed by atoms with Gasteiger partial charge in [-0.05, 0) is 30.7 Å². The zero-order chi connectivity index (χ0) is 22.1. The van der Waals surface area contributed by atoms with Crippen molar-refractivity contribution in [2.45, 2.75) is 6.92 Å². The van der Waals surface area contributed by atoms with E-state index in [4.69, 9.17) is 4.74 Å². The van der Waals surface area contributed by atoms with Gasteiger partial charge in [0.2, 0.25) is 18.2 Å². The fourth-order valence-electron chi connectivity index (χ4n) is 3.49. The van der Waals surface area contributed by atoms with E-state index in [0.29, 0.717) is 12.4 Å². The molecule has 1 aromatic heterocycles. The Morgan fingerprint density at radius 3 is 2.90 bits per heavy atom. The highest BCUT2D eigenvalue weighted by atomic mass is 19.1. The number of allylic oxidation sites excluding steroid dienone is 2. The van der Waals surface area contributed by atoms with E-state index in [9.17, 15) is 19.3 Å². The summed E-state index contributed by atoms with van der Waals surface area (Å²) < 4.78 is 19.0. The Morgan fingerprint density at radius 1 is 1.39 bits per heavy atom. The summed E-state index contributed by atoms with van der Waals surface area (Å²) in [5, 5.41) is 13.9. The number of benzene rings is 1. The number of nitro benzene ring substituents is 1. The third-order valence-corrected chi connectivity index (χ3v) is 4.84. The summed E-state index contributed by atoms with van der Waals surface area (Å²) >= 11 is 0. The first-order chi connectivity index (χ1) is 14.9. The van der Waals surface area contributed by atoms with Gasteiger partial charge in [-0.1, -0.05) is 0 Å². The first-order valence-corrected chi connectivity index (χ1v) is 9.14. The lowest BCUT2D eigenvalue weighted by Gasteiger charge is -2.25. The second kappa shape index (κ2) is 7.86. The number of rotatable bonds is 6. The van der Waals surface area contributed by atoms with Crippen molar-refractivity contribution in [3.05, 3.63) is 75.6 Å². The monoisotopic (exact) mass is 424 g/mol. The molecule has 11 heteroatoms. The molecule has 1 amide bonds. The number of nitrogens with zero attached hydrogens (tertiary/aromatic N) is 5. The summed E-state index contributed by atoms with van der Waals surface area (Å²) in [7, 11) is 1.32. The highest BCUT2D eigenvalue weighted by Crippen LogP contribution is 2.37. The summed E-state index contributed by atoms with van der Waals surface area (Å²) in [5.41, 5.74) is 2.05. The van der Waals surface area contributed by atoms with Crippen molar-refractivity contribution in [1.82, 2.24) is 14.9 Å². The Bertz CT molecular complexity index is 1180. The molecule has 1 aromatic carbocycles. The number of nitrogens with one attached hydrogen (secondary N) is 1. The van der Waals surface area contributed by atoms with Crippen LogP contribution < -0.4 is 15.0 Å². The number of carbonyl (C=O) groups excluding carboxylic acids is 1. The number of carbonyl (C=O) groups is 1. The van der Waals surface area contributed by atoms with E-state index in [1.54, 1.807) is 18.3 Å². The van der Waals surface area contributed by atoms with Gasteiger partial charge in [0, 0.05) is 31.1 Å². The van der Waals surface area contributed by atoms with Crippen LogP contribution in [0.4, 0.5) is 27.5 Å². The summed E-state index contributed by atoms with van der Waals surface area (Å²) in [6, 6.07) is 3.66. The summed E-state index contributed by atoms with van der Waals surface area (Å²) in [6.45, 7) is 2.46. The van der Waals surface area contributed by atoms with Crippen molar-refractivity contribution >= 4 is 29.6 Å². The van der Waals surface area contributed by atoms with E-state index in [1.165, 1.54) is 18.2 Å². The van der Waals surface area contributed by atoms with Gasteiger partial charge in [-0.15, -0.1) is 0 Å². The molecule has 0 aliphatic carbocycles. The number of fused-ring (bicyclic) bond motifs is 1. The third-order valence-electron chi connectivity index (χ3n) is 4.84. The second-order valence-electron chi connectivity index (χ2n) is 6.75. The van der Waals surface area contributed by atoms with Gasteiger partial charge in [0.05, 0.1) is 29.1 Å². The maximum absolute atomic E-state index is 13.9. The van der Waals surface area contributed by atoms with E-state index in [1.807, 2.05) is 17.9 Å². The predicted octanol–water partition coefficient (Wildman–Crippen LogP) is 3.24. The van der Waals surface area contributed by atoms with E-state index in [-0.39, 0.29) is 17.4 Å². The van der Waals surface area contributed by atoms with Crippen LogP contribution in [-0.4, -0.2) is 39.9 Å². The van der Waals surface area contributed by atoms with Gasteiger partial charge in [-0.3, -0.25) is 19.8 Å².